The molecule has 1 aromatic heterocycles. The molecular formula is C13H22N4O2. The van der Waals surface area contributed by atoms with Crippen molar-refractivity contribution in [3.63, 3.8) is 0 Å². The highest BCUT2D eigenvalue weighted by molar-refractivity contribution is 5.79. The number of hydrogen-bond acceptors (Lipinski definition) is 4. The average molecular weight is 266 g/mol. The van der Waals surface area contributed by atoms with Crippen LogP contribution in [0.2, 0.25) is 0 Å². The van der Waals surface area contributed by atoms with Crippen LogP contribution in [0.25, 0.3) is 0 Å². The smallest absolute Gasteiger partial charge is 0.191 e. The number of aliphatic imine (C=N–C) groups is 1. The second-order valence-corrected chi connectivity index (χ2v) is 4.04. The van der Waals surface area contributed by atoms with Crippen LogP contribution in [0.3, 0.4) is 0 Å². The third-order valence-electron chi connectivity index (χ3n) is 2.32. The van der Waals surface area contributed by atoms with E-state index in [0.29, 0.717) is 19.8 Å². The molecule has 0 saturated heterocycles. The van der Waals surface area contributed by atoms with Gasteiger partial charge in [-0.15, -0.1) is 0 Å². The van der Waals surface area contributed by atoms with E-state index < -0.39 is 0 Å². The Kier molecular flexibility index (Phi) is 7.34. The lowest BCUT2D eigenvalue weighted by atomic mass is 10.4. The SMILES string of the molecule is CN=C(NCCOc1cccnc1)NC(C)COC. The first kappa shape index (κ1) is 15.2. The lowest BCUT2D eigenvalue weighted by molar-refractivity contribution is 0.179. The van der Waals surface area contributed by atoms with E-state index in [1.54, 1.807) is 26.6 Å². The Balaban J connectivity index is 2.20. The summed E-state index contributed by atoms with van der Waals surface area (Å²) in [6.07, 6.45) is 3.40. The van der Waals surface area contributed by atoms with Crippen LogP contribution in [-0.4, -0.2) is 50.9 Å². The Bertz CT molecular complexity index is 370. The predicted molar refractivity (Wildman–Crippen MR) is 75.6 cm³/mol. The quantitative estimate of drug-likeness (QED) is 0.431. The molecule has 0 bridgehead atoms. The monoisotopic (exact) mass is 266 g/mol. The first-order chi connectivity index (χ1) is 9.26. The zero-order valence-electron chi connectivity index (χ0n) is 11.7. The zero-order chi connectivity index (χ0) is 13.9. The highest BCUT2D eigenvalue weighted by atomic mass is 16.5. The molecule has 1 heterocycles. The highest BCUT2D eigenvalue weighted by Crippen LogP contribution is 2.04. The van der Waals surface area contributed by atoms with Crippen LogP contribution in [0.1, 0.15) is 6.92 Å². The molecule has 0 fully saturated rings. The third kappa shape index (κ3) is 6.61. The van der Waals surface area contributed by atoms with Crippen molar-refractivity contribution in [2.45, 2.75) is 13.0 Å². The molecule has 0 radical (unpaired) electrons. The summed E-state index contributed by atoms with van der Waals surface area (Å²) < 4.78 is 10.6. The number of pyridine rings is 1. The summed E-state index contributed by atoms with van der Waals surface area (Å²) in [6, 6.07) is 3.92. The van der Waals surface area contributed by atoms with Crippen LogP contribution in [0, 0.1) is 0 Å². The maximum atomic E-state index is 5.52. The molecular weight excluding hydrogens is 244 g/mol. The summed E-state index contributed by atoms with van der Waals surface area (Å²) >= 11 is 0. The number of rotatable bonds is 7. The molecule has 0 aromatic carbocycles. The predicted octanol–water partition coefficient (Wildman–Crippen LogP) is 0.660. The van der Waals surface area contributed by atoms with E-state index >= 15 is 0 Å². The summed E-state index contributed by atoms with van der Waals surface area (Å²) in [6.45, 7) is 3.87. The molecule has 1 atom stereocenters. The summed E-state index contributed by atoms with van der Waals surface area (Å²) in [5.74, 6) is 1.50. The molecule has 0 saturated carbocycles. The summed E-state index contributed by atoms with van der Waals surface area (Å²) in [4.78, 5) is 8.10. The topological polar surface area (TPSA) is 67.8 Å². The van der Waals surface area contributed by atoms with E-state index in [2.05, 4.69) is 20.6 Å². The lowest BCUT2D eigenvalue weighted by Gasteiger charge is -2.17. The molecule has 1 unspecified atom stereocenters. The molecule has 0 spiro atoms. The molecule has 106 valence electrons. The third-order valence-corrected chi connectivity index (χ3v) is 2.32. The van der Waals surface area contributed by atoms with E-state index in [0.717, 1.165) is 11.7 Å². The van der Waals surface area contributed by atoms with Crippen LogP contribution in [0.5, 0.6) is 5.75 Å². The van der Waals surface area contributed by atoms with Gasteiger partial charge in [-0.2, -0.15) is 0 Å². The van der Waals surface area contributed by atoms with Gasteiger partial charge in [-0.05, 0) is 19.1 Å². The summed E-state index contributed by atoms with van der Waals surface area (Å²) in [7, 11) is 3.41. The van der Waals surface area contributed by atoms with Gasteiger partial charge in [-0.3, -0.25) is 9.98 Å². The first-order valence-electron chi connectivity index (χ1n) is 6.25. The second-order valence-electron chi connectivity index (χ2n) is 4.04. The van der Waals surface area contributed by atoms with Crippen LogP contribution < -0.4 is 15.4 Å². The van der Waals surface area contributed by atoms with Crippen molar-refractivity contribution >= 4 is 5.96 Å². The van der Waals surface area contributed by atoms with Gasteiger partial charge in [0.25, 0.3) is 0 Å². The number of aromatic nitrogens is 1. The maximum absolute atomic E-state index is 5.52. The first-order valence-corrected chi connectivity index (χ1v) is 6.25. The van der Waals surface area contributed by atoms with Gasteiger partial charge in [0.15, 0.2) is 5.96 Å². The molecule has 0 aliphatic carbocycles. The van der Waals surface area contributed by atoms with Crippen LogP contribution in [0.4, 0.5) is 0 Å². The van der Waals surface area contributed by atoms with E-state index in [4.69, 9.17) is 9.47 Å². The van der Waals surface area contributed by atoms with E-state index in [-0.39, 0.29) is 6.04 Å². The fourth-order valence-electron chi connectivity index (χ4n) is 1.49. The van der Waals surface area contributed by atoms with Crippen molar-refractivity contribution in [1.82, 2.24) is 15.6 Å². The molecule has 2 N–H and O–H groups in total. The van der Waals surface area contributed by atoms with Gasteiger partial charge in [0.05, 0.1) is 19.3 Å². The maximum Gasteiger partial charge on any atom is 0.191 e. The van der Waals surface area contributed by atoms with Gasteiger partial charge in [-0.25, -0.2) is 0 Å². The number of guanidine groups is 1. The van der Waals surface area contributed by atoms with Gasteiger partial charge in [0.2, 0.25) is 0 Å². The number of nitrogens with one attached hydrogen (secondary N) is 2. The zero-order valence-corrected chi connectivity index (χ0v) is 11.7. The standard InChI is InChI=1S/C13H22N4O2/c1-11(10-18-3)17-13(14-2)16-7-8-19-12-5-4-6-15-9-12/h4-6,9,11H,7-8,10H2,1-3H3,(H2,14,16,17). The molecule has 0 aliphatic heterocycles. The Labute approximate surface area is 114 Å². The van der Waals surface area contributed by atoms with E-state index in [1.165, 1.54) is 0 Å². The van der Waals surface area contributed by atoms with Gasteiger partial charge >= 0.3 is 0 Å². The number of nitrogens with zero attached hydrogens (tertiary/aromatic N) is 2. The normalized spacial score (nSPS) is 12.9. The molecule has 1 aromatic rings. The molecule has 1 rings (SSSR count). The number of methoxy groups -OCH3 is 1. The Morgan fingerprint density at radius 1 is 1.53 bits per heavy atom. The van der Waals surface area contributed by atoms with E-state index in [1.807, 2.05) is 19.1 Å². The fourth-order valence-corrected chi connectivity index (χ4v) is 1.49. The molecule has 6 nitrogen and oxygen atoms in total. The summed E-state index contributed by atoms with van der Waals surface area (Å²) in [5.41, 5.74) is 0. The number of hydrogen-bond donors (Lipinski definition) is 2. The van der Waals surface area contributed by atoms with Crippen molar-refractivity contribution in [2.75, 3.05) is 33.9 Å². The van der Waals surface area contributed by atoms with Gasteiger partial charge in [-0.1, -0.05) is 0 Å². The van der Waals surface area contributed by atoms with Crippen LogP contribution in [0.15, 0.2) is 29.5 Å². The molecule has 19 heavy (non-hydrogen) atoms. The van der Waals surface area contributed by atoms with Gasteiger partial charge < -0.3 is 20.1 Å². The average Bonchev–Trinajstić information content (AvgIpc) is 2.43. The van der Waals surface area contributed by atoms with Crippen LogP contribution >= 0.6 is 0 Å². The lowest BCUT2D eigenvalue weighted by Crippen LogP contribution is -2.45. The van der Waals surface area contributed by atoms with Crippen molar-refractivity contribution < 1.29 is 9.47 Å². The fraction of sp³-hybridized carbons (Fsp3) is 0.538. The number of ether oxygens (including phenoxy) is 2. The van der Waals surface area contributed by atoms with Crippen molar-refractivity contribution in [3.05, 3.63) is 24.5 Å². The molecule has 6 heteroatoms. The molecule has 0 amide bonds. The summed E-state index contributed by atoms with van der Waals surface area (Å²) in [5, 5.41) is 6.38. The Morgan fingerprint density at radius 2 is 2.37 bits per heavy atom. The van der Waals surface area contributed by atoms with Crippen molar-refractivity contribution in [1.29, 1.82) is 0 Å². The minimum absolute atomic E-state index is 0.204. The molecule has 0 aliphatic rings. The Morgan fingerprint density at radius 3 is 3.00 bits per heavy atom. The Hall–Kier alpha value is -1.82. The van der Waals surface area contributed by atoms with Crippen molar-refractivity contribution in [3.8, 4) is 5.75 Å². The van der Waals surface area contributed by atoms with Crippen molar-refractivity contribution in [2.24, 2.45) is 4.99 Å². The highest BCUT2D eigenvalue weighted by Gasteiger charge is 2.03. The van der Waals surface area contributed by atoms with Gasteiger partial charge in [0, 0.05) is 26.4 Å². The van der Waals surface area contributed by atoms with E-state index in [9.17, 15) is 0 Å². The van der Waals surface area contributed by atoms with Gasteiger partial charge in [0.1, 0.15) is 12.4 Å². The minimum atomic E-state index is 0.204. The minimum Gasteiger partial charge on any atom is -0.490 e. The van der Waals surface area contributed by atoms with Crippen LogP contribution in [-0.2, 0) is 4.74 Å². The largest absolute Gasteiger partial charge is 0.490 e. The second kappa shape index (κ2) is 9.16.